The minimum atomic E-state index is -3.66. The maximum Gasteiger partial charge on any atom is 0.278 e. The highest BCUT2D eigenvalue weighted by atomic mass is 79.9. The van der Waals surface area contributed by atoms with Gasteiger partial charge in [0.05, 0.1) is 0 Å². The third-order valence-electron chi connectivity index (χ3n) is 9.90. The zero-order valence-corrected chi connectivity index (χ0v) is 38.8. The Kier molecular flexibility index (Phi) is 15.0. The summed E-state index contributed by atoms with van der Waals surface area (Å²) < 4.78 is 43.2. The Hall–Kier alpha value is -0.0962. The van der Waals surface area contributed by atoms with Crippen LogP contribution in [0.25, 0.3) is 0 Å². The quantitative estimate of drug-likeness (QED) is 0.177. The number of ether oxygens (including phenoxy) is 2. The molecule has 2 aromatic heterocycles. The van der Waals surface area contributed by atoms with Crippen LogP contribution in [-0.4, -0.2) is 135 Å². The largest absolute Gasteiger partial charge is 0.359 e. The van der Waals surface area contributed by atoms with Crippen LogP contribution in [0.3, 0.4) is 0 Å². The van der Waals surface area contributed by atoms with Gasteiger partial charge in [-0.1, -0.05) is 45.7 Å². The van der Waals surface area contributed by atoms with Gasteiger partial charge in [0, 0.05) is 61.0 Å². The lowest BCUT2D eigenvalue weighted by molar-refractivity contribution is 0.0659. The van der Waals surface area contributed by atoms with E-state index in [9.17, 15) is 8.42 Å². The second kappa shape index (κ2) is 17.6. The molecule has 1 aliphatic carbocycles. The van der Waals surface area contributed by atoms with Crippen molar-refractivity contribution in [2.75, 3.05) is 66.6 Å². The third-order valence-corrected chi connectivity index (χ3v) is 16.3. The first-order valence-electron chi connectivity index (χ1n) is 17.6. The van der Waals surface area contributed by atoms with E-state index in [-0.39, 0.29) is 22.0 Å². The molecule has 3 saturated heterocycles. The predicted molar refractivity (Wildman–Crippen MR) is 213 cm³/mol. The van der Waals surface area contributed by atoms with E-state index < -0.39 is 26.2 Å². The zero-order valence-electron chi connectivity index (χ0n) is 31.2. The van der Waals surface area contributed by atoms with E-state index in [1.54, 1.807) is 4.68 Å². The Morgan fingerprint density at radius 1 is 0.700 bits per heavy atom. The minimum absolute atomic E-state index is 0.0430. The average molecular weight is 949 g/mol. The van der Waals surface area contributed by atoms with Gasteiger partial charge in [0.25, 0.3) is 15.2 Å². The van der Waals surface area contributed by atoms with Crippen molar-refractivity contribution >= 4 is 74.0 Å². The Bertz CT molecular complexity index is 1510. The summed E-state index contributed by atoms with van der Waals surface area (Å²) in [5, 5.41) is 8.21. The zero-order chi connectivity index (χ0) is 37.0. The van der Waals surface area contributed by atoms with Crippen LogP contribution in [0.15, 0.2) is 19.4 Å². The Balaban J connectivity index is 0.000000195. The van der Waals surface area contributed by atoms with Gasteiger partial charge in [-0.2, -0.15) is 14.3 Å². The van der Waals surface area contributed by atoms with Crippen molar-refractivity contribution in [3.8, 4) is 0 Å². The number of halogens is 3. The summed E-state index contributed by atoms with van der Waals surface area (Å²) in [5.74, 6) is 0. The van der Waals surface area contributed by atoms with Crippen molar-refractivity contribution in [2.24, 2.45) is 10.8 Å². The van der Waals surface area contributed by atoms with Crippen LogP contribution in [0.1, 0.15) is 32.1 Å². The molecular formula is C31H58Br3N9O4SSi2. The molecule has 4 aliphatic rings. The molecule has 0 amide bonds. The van der Waals surface area contributed by atoms with Gasteiger partial charge in [0.2, 0.25) is 9.47 Å². The van der Waals surface area contributed by atoms with Crippen LogP contribution >= 0.6 is 47.8 Å². The molecule has 0 radical (unpaired) electrons. The first-order valence-corrected chi connectivity index (χ1v) is 28.8. The van der Waals surface area contributed by atoms with Gasteiger partial charge in [-0.15, -0.1) is 10.2 Å². The molecule has 0 aromatic carbocycles. The van der Waals surface area contributed by atoms with Crippen molar-refractivity contribution in [1.29, 1.82) is 0 Å². The summed E-state index contributed by atoms with van der Waals surface area (Å²) >= 11 is 9.69. The van der Waals surface area contributed by atoms with Crippen molar-refractivity contribution in [3.63, 3.8) is 0 Å². The fourth-order valence-corrected chi connectivity index (χ4v) is 11.3. The van der Waals surface area contributed by atoms with Crippen LogP contribution in [0.2, 0.25) is 51.4 Å². The molecule has 5 heterocycles. The van der Waals surface area contributed by atoms with Crippen LogP contribution in [0.4, 0.5) is 0 Å². The van der Waals surface area contributed by atoms with Gasteiger partial charge < -0.3 is 19.3 Å². The van der Waals surface area contributed by atoms with E-state index in [1.807, 2.05) is 0 Å². The van der Waals surface area contributed by atoms with E-state index in [1.165, 1.54) is 53.8 Å². The Morgan fingerprint density at radius 3 is 1.58 bits per heavy atom. The van der Waals surface area contributed by atoms with E-state index >= 15 is 0 Å². The van der Waals surface area contributed by atoms with Crippen LogP contribution in [0, 0.1) is 10.8 Å². The SMILES string of the molecule is CN1CCC2(C1)CN(S(=O)(=O)c1nc(Br)nn1COCC[Si](C)(C)C)C2.CN1CCC2(CCC2)C1.C[Si](C)(C)CCOCn1nc(Br)nc1Br. The molecule has 3 aliphatic heterocycles. The highest BCUT2D eigenvalue weighted by molar-refractivity contribution is 9.11. The minimum Gasteiger partial charge on any atom is -0.359 e. The van der Waals surface area contributed by atoms with Gasteiger partial charge in [-0.3, -0.25) is 0 Å². The van der Waals surface area contributed by atoms with Gasteiger partial charge in [0.15, 0.2) is 4.73 Å². The topological polar surface area (TPSA) is 124 Å². The number of aromatic nitrogens is 6. The summed E-state index contributed by atoms with van der Waals surface area (Å²) in [5.41, 5.74) is 0.923. The monoisotopic (exact) mass is 945 g/mol. The highest BCUT2D eigenvalue weighted by Crippen LogP contribution is 2.47. The number of nitrogens with zero attached hydrogens (tertiary/aromatic N) is 9. The predicted octanol–water partition coefficient (Wildman–Crippen LogP) is 6.29. The Labute approximate surface area is 327 Å². The molecule has 4 fully saturated rings. The number of rotatable bonds is 12. The first kappa shape index (κ1) is 42.6. The van der Waals surface area contributed by atoms with Gasteiger partial charge in [-0.25, -0.2) is 17.8 Å². The van der Waals surface area contributed by atoms with Gasteiger partial charge >= 0.3 is 0 Å². The fraction of sp³-hybridized carbons (Fsp3) is 0.871. The molecule has 50 heavy (non-hydrogen) atoms. The number of hydrogen-bond donors (Lipinski definition) is 0. The van der Waals surface area contributed by atoms with Crippen LogP contribution < -0.4 is 0 Å². The van der Waals surface area contributed by atoms with Crippen molar-refractivity contribution in [1.82, 2.24) is 43.6 Å². The second-order valence-corrected chi connectivity index (χ2v) is 32.3. The maximum atomic E-state index is 13.0. The molecular weight excluding hydrogens is 890 g/mol. The average Bonchev–Trinajstić information content (AvgIpc) is 3.73. The number of hydrogen-bond acceptors (Lipinski definition) is 10. The Morgan fingerprint density at radius 2 is 1.18 bits per heavy atom. The molecule has 0 atom stereocenters. The number of likely N-dealkylation sites (tertiary alicyclic amines) is 2. The molecule has 2 aromatic rings. The summed E-state index contributed by atoms with van der Waals surface area (Å²) in [4.78, 5) is 12.9. The van der Waals surface area contributed by atoms with E-state index in [0.29, 0.717) is 35.9 Å². The normalized spacial score (nSPS) is 20.7. The molecule has 0 bridgehead atoms. The third kappa shape index (κ3) is 12.5. The molecule has 2 spiro atoms. The molecule has 13 nitrogen and oxygen atoms in total. The van der Waals surface area contributed by atoms with Gasteiger partial charge in [0.1, 0.15) is 13.5 Å². The summed E-state index contributed by atoms with van der Waals surface area (Å²) in [6.45, 7) is 21.6. The fourth-order valence-electron chi connectivity index (χ4n) is 6.66. The second-order valence-electron chi connectivity index (χ2n) is 17.1. The van der Waals surface area contributed by atoms with Crippen molar-refractivity contribution < 1.29 is 17.9 Å². The number of sulfonamides is 1. The maximum absolute atomic E-state index is 13.0. The van der Waals surface area contributed by atoms with Crippen LogP contribution in [-0.2, 0) is 33.0 Å². The van der Waals surface area contributed by atoms with Crippen LogP contribution in [0.5, 0.6) is 0 Å². The van der Waals surface area contributed by atoms with Crippen molar-refractivity contribution in [2.45, 2.75) is 102 Å². The smallest absolute Gasteiger partial charge is 0.278 e. The lowest BCUT2D eigenvalue weighted by Crippen LogP contribution is -2.59. The highest BCUT2D eigenvalue weighted by Gasteiger charge is 2.52. The van der Waals surface area contributed by atoms with Crippen molar-refractivity contribution in [3.05, 3.63) is 14.2 Å². The molecule has 1 saturated carbocycles. The molecule has 6 rings (SSSR count). The molecule has 0 unspecified atom stereocenters. The molecule has 286 valence electrons. The van der Waals surface area contributed by atoms with E-state index in [0.717, 1.165) is 37.6 Å². The lowest BCUT2D eigenvalue weighted by atomic mass is 9.68. The summed E-state index contributed by atoms with van der Waals surface area (Å²) in [6, 6.07) is 2.19. The summed E-state index contributed by atoms with van der Waals surface area (Å²) in [6.07, 6.45) is 7.04. The van der Waals surface area contributed by atoms with Gasteiger partial charge in [-0.05, 0) is 118 Å². The standard InChI is InChI=1S/C15H28BrN5O3SSi.C8H15Br2N3OSi.C8H15N/c1-19-6-5-15(9-19)10-20(11-15)25(22,23)14-17-13(16)18-21(14)12-24-7-8-26(2,3)4;1-15(2,3)5-4-14-6-13-8(10)11-7(9)12-13;1-9-6-5-8(7-9)3-2-4-8/h5-12H2,1-4H3;4-6H2,1-3H3;2-7H2,1H3. The molecule has 19 heteroatoms. The lowest BCUT2D eigenvalue weighted by Gasteiger charge is -2.46. The molecule has 0 N–H and O–H groups in total. The van der Waals surface area contributed by atoms with E-state index in [2.05, 4.69) is 131 Å². The first-order chi connectivity index (χ1) is 23.2. The summed E-state index contributed by atoms with van der Waals surface area (Å²) in [7, 11) is -1.52. The van der Waals surface area contributed by atoms with E-state index in [4.69, 9.17) is 9.47 Å².